The Kier molecular flexibility index (Phi) is 2.71. The molecule has 0 bridgehead atoms. The summed E-state index contributed by atoms with van der Waals surface area (Å²) < 4.78 is 0. The fourth-order valence-corrected chi connectivity index (χ4v) is 2.40. The summed E-state index contributed by atoms with van der Waals surface area (Å²) in [5.74, 6) is -1.00. The zero-order valence-corrected chi connectivity index (χ0v) is 9.76. The average molecular weight is 246 g/mol. The highest BCUT2D eigenvalue weighted by atomic mass is 16.4. The maximum absolute atomic E-state index is 11.0. The largest absolute Gasteiger partial charge is 0.481 e. The molecule has 0 aliphatic carbocycles. The van der Waals surface area contributed by atoms with Crippen molar-refractivity contribution in [3.63, 3.8) is 0 Å². The van der Waals surface area contributed by atoms with Gasteiger partial charge in [-0.1, -0.05) is 0 Å². The Bertz CT molecular complexity index is 580. The molecule has 0 spiro atoms. The predicted molar refractivity (Wildman–Crippen MR) is 65.0 cm³/mol. The van der Waals surface area contributed by atoms with E-state index in [4.69, 9.17) is 5.11 Å². The molecule has 6 heteroatoms. The van der Waals surface area contributed by atoms with Crippen LogP contribution in [0, 0.1) is 5.92 Å². The molecule has 1 fully saturated rings. The van der Waals surface area contributed by atoms with E-state index in [1.165, 1.54) is 0 Å². The Balaban J connectivity index is 1.86. The molecule has 1 aliphatic rings. The first-order valence-corrected chi connectivity index (χ1v) is 6.00. The number of carboxylic acid groups (broad SMARTS) is 1. The van der Waals surface area contributed by atoms with E-state index in [9.17, 15) is 4.79 Å². The number of aromatic nitrogens is 3. The maximum atomic E-state index is 11.0. The van der Waals surface area contributed by atoms with Gasteiger partial charge in [0, 0.05) is 0 Å². The summed E-state index contributed by atoms with van der Waals surface area (Å²) in [4.78, 5) is 22.6. The van der Waals surface area contributed by atoms with Crippen molar-refractivity contribution in [1.29, 1.82) is 0 Å². The summed E-state index contributed by atoms with van der Waals surface area (Å²) >= 11 is 0. The lowest BCUT2D eigenvalue weighted by molar-refractivity contribution is -0.143. The van der Waals surface area contributed by atoms with Gasteiger partial charge in [0.05, 0.1) is 29.5 Å². The van der Waals surface area contributed by atoms with E-state index in [2.05, 4.69) is 20.3 Å². The third-order valence-electron chi connectivity index (χ3n) is 3.41. The number of aliphatic carboxylic acids is 1. The zero-order chi connectivity index (χ0) is 12.5. The summed E-state index contributed by atoms with van der Waals surface area (Å²) in [6, 6.07) is 3.85. The second kappa shape index (κ2) is 4.38. The molecule has 3 rings (SSSR count). The molecule has 0 amide bonds. The third-order valence-corrected chi connectivity index (χ3v) is 3.41. The smallest absolute Gasteiger partial charge is 0.306 e. The van der Waals surface area contributed by atoms with Gasteiger partial charge in [0.2, 0.25) is 0 Å². The number of rotatable bonds is 2. The van der Waals surface area contributed by atoms with Crippen molar-refractivity contribution in [2.45, 2.75) is 18.9 Å². The van der Waals surface area contributed by atoms with Crippen LogP contribution in [0.15, 0.2) is 18.5 Å². The van der Waals surface area contributed by atoms with Crippen LogP contribution in [-0.2, 0) is 4.79 Å². The molecule has 2 atom stereocenters. The number of nitrogens with one attached hydrogen (secondary N) is 2. The van der Waals surface area contributed by atoms with Crippen molar-refractivity contribution in [3.05, 3.63) is 24.2 Å². The summed E-state index contributed by atoms with van der Waals surface area (Å²) in [5.41, 5.74) is 2.43. The normalized spacial score (nSPS) is 24.2. The highest BCUT2D eigenvalue weighted by molar-refractivity contribution is 5.71. The molecule has 0 saturated carbocycles. The Morgan fingerprint density at radius 3 is 3.17 bits per heavy atom. The molecular formula is C12H14N4O2. The van der Waals surface area contributed by atoms with Crippen LogP contribution in [0.4, 0.5) is 0 Å². The van der Waals surface area contributed by atoms with Crippen molar-refractivity contribution in [3.8, 4) is 0 Å². The number of aromatic amines is 1. The van der Waals surface area contributed by atoms with Gasteiger partial charge in [-0.15, -0.1) is 0 Å². The Hall–Kier alpha value is -1.95. The van der Waals surface area contributed by atoms with Gasteiger partial charge in [-0.3, -0.25) is 4.79 Å². The minimum absolute atomic E-state index is 0.000880. The minimum Gasteiger partial charge on any atom is -0.481 e. The van der Waals surface area contributed by atoms with E-state index in [1.807, 2.05) is 12.1 Å². The number of carbonyl (C=O) groups is 1. The molecule has 2 unspecified atom stereocenters. The molecule has 1 saturated heterocycles. The van der Waals surface area contributed by atoms with Gasteiger partial charge < -0.3 is 15.4 Å². The number of H-pyrrole nitrogens is 1. The second-order valence-corrected chi connectivity index (χ2v) is 4.58. The summed E-state index contributed by atoms with van der Waals surface area (Å²) in [7, 11) is 0. The maximum Gasteiger partial charge on any atom is 0.306 e. The van der Waals surface area contributed by atoms with Crippen LogP contribution in [0.3, 0.4) is 0 Å². The number of nitrogens with zero attached hydrogens (tertiary/aromatic N) is 2. The monoisotopic (exact) mass is 246 g/mol. The van der Waals surface area contributed by atoms with Crippen molar-refractivity contribution in [2.24, 2.45) is 5.92 Å². The summed E-state index contributed by atoms with van der Waals surface area (Å²) in [6.45, 7) is 0.710. The lowest BCUT2D eigenvalue weighted by Crippen LogP contribution is -2.35. The lowest BCUT2D eigenvalue weighted by atomic mass is 9.91. The van der Waals surface area contributed by atoms with Gasteiger partial charge in [-0.25, -0.2) is 9.97 Å². The first kappa shape index (κ1) is 11.2. The Morgan fingerprint density at radius 1 is 1.44 bits per heavy atom. The molecular weight excluding hydrogens is 232 g/mol. The van der Waals surface area contributed by atoms with Crippen molar-refractivity contribution < 1.29 is 9.90 Å². The molecule has 94 valence electrons. The van der Waals surface area contributed by atoms with Crippen molar-refractivity contribution in [2.75, 3.05) is 6.54 Å². The second-order valence-electron chi connectivity index (χ2n) is 4.58. The highest BCUT2D eigenvalue weighted by Crippen LogP contribution is 2.27. The van der Waals surface area contributed by atoms with Crippen LogP contribution >= 0.6 is 0 Å². The number of pyridine rings is 1. The quantitative estimate of drug-likeness (QED) is 0.737. The topological polar surface area (TPSA) is 90.9 Å². The van der Waals surface area contributed by atoms with E-state index < -0.39 is 5.97 Å². The van der Waals surface area contributed by atoms with E-state index >= 15 is 0 Å². The molecule has 3 N–H and O–H groups in total. The SMILES string of the molecule is O=C(O)C1CCNC(c2ccc3[nH]cnc3n2)C1. The number of carboxylic acids is 1. The number of piperidine rings is 1. The van der Waals surface area contributed by atoms with Crippen molar-refractivity contribution in [1.82, 2.24) is 20.3 Å². The van der Waals surface area contributed by atoms with E-state index in [1.54, 1.807) is 6.33 Å². The van der Waals surface area contributed by atoms with Gasteiger partial charge >= 0.3 is 5.97 Å². The number of imidazole rings is 1. The molecule has 1 aliphatic heterocycles. The molecule has 6 nitrogen and oxygen atoms in total. The summed E-state index contributed by atoms with van der Waals surface area (Å²) in [6.07, 6.45) is 2.87. The first-order chi connectivity index (χ1) is 8.74. The number of hydrogen-bond acceptors (Lipinski definition) is 4. The van der Waals surface area contributed by atoms with Gasteiger partial charge in [0.25, 0.3) is 0 Å². The molecule has 2 aromatic heterocycles. The van der Waals surface area contributed by atoms with E-state index in [0.29, 0.717) is 25.0 Å². The van der Waals surface area contributed by atoms with Crippen LogP contribution in [0.1, 0.15) is 24.6 Å². The van der Waals surface area contributed by atoms with Crippen molar-refractivity contribution >= 4 is 17.1 Å². The standard InChI is InChI=1S/C12H14N4O2/c17-12(18)7-3-4-13-10(5-7)8-1-2-9-11(16-8)15-6-14-9/h1-2,6-7,10,13H,3-5H2,(H,17,18)(H,14,15,16). The van der Waals surface area contributed by atoms with Crippen LogP contribution < -0.4 is 5.32 Å². The molecule has 3 heterocycles. The highest BCUT2D eigenvalue weighted by Gasteiger charge is 2.28. The number of fused-ring (bicyclic) bond motifs is 1. The fourth-order valence-electron chi connectivity index (χ4n) is 2.40. The molecule has 18 heavy (non-hydrogen) atoms. The van der Waals surface area contributed by atoms with Gasteiger partial charge in [0.15, 0.2) is 5.65 Å². The van der Waals surface area contributed by atoms with E-state index in [-0.39, 0.29) is 12.0 Å². The fraction of sp³-hybridized carbons (Fsp3) is 0.417. The van der Waals surface area contributed by atoms with Crippen LogP contribution in [0.5, 0.6) is 0 Å². The molecule has 0 aromatic carbocycles. The Morgan fingerprint density at radius 2 is 2.33 bits per heavy atom. The van der Waals surface area contributed by atoms with Gasteiger partial charge in [-0.05, 0) is 31.5 Å². The molecule has 0 radical (unpaired) electrons. The zero-order valence-electron chi connectivity index (χ0n) is 9.76. The van der Waals surface area contributed by atoms with Gasteiger partial charge in [-0.2, -0.15) is 0 Å². The summed E-state index contributed by atoms with van der Waals surface area (Å²) in [5, 5.41) is 12.4. The Labute approximate surface area is 103 Å². The number of hydrogen-bond donors (Lipinski definition) is 3. The first-order valence-electron chi connectivity index (χ1n) is 6.00. The average Bonchev–Trinajstić information content (AvgIpc) is 2.86. The van der Waals surface area contributed by atoms with Crippen LogP contribution in [0.2, 0.25) is 0 Å². The van der Waals surface area contributed by atoms with Gasteiger partial charge in [0.1, 0.15) is 0 Å². The van der Waals surface area contributed by atoms with E-state index in [0.717, 1.165) is 11.2 Å². The molecule has 2 aromatic rings. The minimum atomic E-state index is -0.720. The van der Waals surface area contributed by atoms with Crippen LogP contribution in [0.25, 0.3) is 11.2 Å². The third kappa shape index (κ3) is 1.95. The lowest BCUT2D eigenvalue weighted by Gasteiger charge is -2.27. The predicted octanol–water partition coefficient (Wildman–Crippen LogP) is 1.08. The van der Waals surface area contributed by atoms with Crippen LogP contribution in [-0.4, -0.2) is 32.6 Å².